The number of Topliss-reactive ketones (excluding diaryl/α,β-unsaturated/α-hetero) is 1. The second-order valence-electron chi connectivity index (χ2n) is 2.79. The maximum Gasteiger partial charge on any atom is 0.190 e. The van der Waals surface area contributed by atoms with Crippen molar-refractivity contribution in [3.05, 3.63) is 21.9 Å². The van der Waals surface area contributed by atoms with Gasteiger partial charge in [-0.15, -0.1) is 23.7 Å². The number of carbonyl (C=O) groups excluding carboxylic acids is 1. The summed E-state index contributed by atoms with van der Waals surface area (Å²) >= 11 is 1.45. The molecule has 1 atom stereocenters. The van der Waals surface area contributed by atoms with E-state index in [1.165, 1.54) is 11.3 Å². The molecule has 68 valence electrons. The van der Waals surface area contributed by atoms with Crippen LogP contribution < -0.4 is 5.73 Å². The minimum atomic E-state index is -0.553. The Hall–Kier alpha value is -1.11. The van der Waals surface area contributed by atoms with Crippen LogP contribution in [0.1, 0.15) is 21.0 Å². The summed E-state index contributed by atoms with van der Waals surface area (Å²) in [5.41, 5.74) is 5.58. The Kier molecular flexibility index (Phi) is 3.24. The highest BCUT2D eigenvalue weighted by atomic mass is 32.1. The molecule has 0 radical (unpaired) electrons. The number of ketones is 1. The van der Waals surface area contributed by atoms with Gasteiger partial charge in [-0.2, -0.15) is 0 Å². The van der Waals surface area contributed by atoms with Gasteiger partial charge in [-0.25, -0.2) is 0 Å². The van der Waals surface area contributed by atoms with E-state index in [1.807, 2.05) is 13.0 Å². The summed E-state index contributed by atoms with van der Waals surface area (Å²) in [7, 11) is 0. The molecular weight excluding hydrogens is 182 g/mol. The summed E-state index contributed by atoms with van der Waals surface area (Å²) in [6, 6.07) is 3.14. The topological polar surface area (TPSA) is 43.1 Å². The highest BCUT2D eigenvalue weighted by Gasteiger charge is 2.15. The maximum absolute atomic E-state index is 11.5. The predicted octanol–water partition coefficient (Wildman–Crippen LogP) is 1.59. The van der Waals surface area contributed by atoms with Gasteiger partial charge in [-0.3, -0.25) is 4.79 Å². The average Bonchev–Trinajstić information content (AvgIpc) is 2.51. The molecule has 0 aliphatic heterocycles. The standard InChI is InChI=1S/C10H11NOS/c1-3-4-8(11)10(12)9-6-5-7(2)13-9/h1,5-6,8H,4,11H2,2H3. The van der Waals surface area contributed by atoms with Crippen molar-refractivity contribution in [2.45, 2.75) is 19.4 Å². The van der Waals surface area contributed by atoms with Crippen LogP contribution in [0, 0.1) is 19.3 Å². The minimum Gasteiger partial charge on any atom is -0.320 e. The summed E-state index contributed by atoms with van der Waals surface area (Å²) in [5, 5.41) is 0. The van der Waals surface area contributed by atoms with Crippen molar-refractivity contribution < 1.29 is 4.79 Å². The third kappa shape index (κ3) is 2.41. The van der Waals surface area contributed by atoms with E-state index in [-0.39, 0.29) is 5.78 Å². The van der Waals surface area contributed by atoms with Gasteiger partial charge in [0, 0.05) is 11.3 Å². The lowest BCUT2D eigenvalue weighted by molar-refractivity contribution is 0.0967. The number of thiophene rings is 1. The molecule has 2 nitrogen and oxygen atoms in total. The van der Waals surface area contributed by atoms with Gasteiger partial charge in [0.1, 0.15) is 0 Å². The Bertz CT molecular complexity index is 348. The zero-order chi connectivity index (χ0) is 9.84. The maximum atomic E-state index is 11.5. The van der Waals surface area contributed by atoms with Crippen LogP contribution in [-0.2, 0) is 0 Å². The van der Waals surface area contributed by atoms with Crippen LogP contribution in [0.3, 0.4) is 0 Å². The van der Waals surface area contributed by atoms with Gasteiger partial charge in [0.25, 0.3) is 0 Å². The van der Waals surface area contributed by atoms with Crippen molar-refractivity contribution in [2.24, 2.45) is 5.73 Å². The second kappa shape index (κ2) is 4.22. The average molecular weight is 193 g/mol. The van der Waals surface area contributed by atoms with Crippen molar-refractivity contribution in [1.29, 1.82) is 0 Å². The van der Waals surface area contributed by atoms with Crippen LogP contribution in [0.2, 0.25) is 0 Å². The van der Waals surface area contributed by atoms with Crippen molar-refractivity contribution in [3.8, 4) is 12.3 Å². The normalized spacial score (nSPS) is 12.1. The molecule has 13 heavy (non-hydrogen) atoms. The molecule has 1 unspecified atom stereocenters. The number of hydrogen-bond donors (Lipinski definition) is 1. The van der Waals surface area contributed by atoms with Crippen molar-refractivity contribution in [2.75, 3.05) is 0 Å². The van der Waals surface area contributed by atoms with Crippen molar-refractivity contribution >= 4 is 17.1 Å². The number of carbonyl (C=O) groups is 1. The first-order valence-electron chi connectivity index (χ1n) is 3.95. The van der Waals surface area contributed by atoms with Gasteiger partial charge in [0.15, 0.2) is 5.78 Å². The summed E-state index contributed by atoms with van der Waals surface area (Å²) in [6.45, 7) is 1.95. The molecule has 0 aliphatic rings. The lowest BCUT2D eigenvalue weighted by Crippen LogP contribution is -2.29. The Labute approximate surface area is 81.8 Å². The predicted molar refractivity (Wildman–Crippen MR) is 54.8 cm³/mol. The highest BCUT2D eigenvalue weighted by Crippen LogP contribution is 2.16. The van der Waals surface area contributed by atoms with E-state index >= 15 is 0 Å². The number of hydrogen-bond acceptors (Lipinski definition) is 3. The van der Waals surface area contributed by atoms with Gasteiger partial charge in [-0.1, -0.05) is 0 Å². The molecule has 0 aliphatic carbocycles. The van der Waals surface area contributed by atoms with Crippen LogP contribution in [0.25, 0.3) is 0 Å². The molecule has 0 saturated heterocycles. The third-order valence-corrected chi connectivity index (χ3v) is 2.67. The SMILES string of the molecule is C#CCC(N)C(=O)c1ccc(C)s1. The van der Waals surface area contributed by atoms with Crippen molar-refractivity contribution in [1.82, 2.24) is 0 Å². The van der Waals surface area contributed by atoms with Crippen LogP contribution in [0.15, 0.2) is 12.1 Å². The number of terminal acetylenes is 1. The first kappa shape index (κ1) is 9.97. The zero-order valence-corrected chi connectivity index (χ0v) is 8.23. The van der Waals surface area contributed by atoms with Gasteiger partial charge >= 0.3 is 0 Å². The Morgan fingerprint density at radius 1 is 1.77 bits per heavy atom. The molecule has 1 aromatic rings. The molecule has 0 spiro atoms. The zero-order valence-electron chi connectivity index (χ0n) is 7.41. The first-order valence-corrected chi connectivity index (χ1v) is 4.76. The number of rotatable bonds is 3. The first-order chi connectivity index (χ1) is 6.15. The van der Waals surface area contributed by atoms with E-state index < -0.39 is 6.04 Å². The molecule has 2 N–H and O–H groups in total. The molecule has 0 amide bonds. The van der Waals surface area contributed by atoms with E-state index in [9.17, 15) is 4.79 Å². The van der Waals surface area contributed by atoms with E-state index in [4.69, 9.17) is 12.2 Å². The van der Waals surface area contributed by atoms with Gasteiger partial charge in [0.2, 0.25) is 0 Å². The Morgan fingerprint density at radius 3 is 2.92 bits per heavy atom. The minimum absolute atomic E-state index is 0.0592. The van der Waals surface area contributed by atoms with Gasteiger partial charge in [-0.05, 0) is 19.1 Å². The van der Waals surface area contributed by atoms with Crippen LogP contribution in [0.5, 0.6) is 0 Å². The summed E-state index contributed by atoms with van der Waals surface area (Å²) in [4.78, 5) is 13.3. The fourth-order valence-electron chi connectivity index (χ4n) is 0.969. The van der Waals surface area contributed by atoms with E-state index in [0.29, 0.717) is 11.3 Å². The quantitative estimate of drug-likeness (QED) is 0.585. The van der Waals surface area contributed by atoms with E-state index in [0.717, 1.165) is 4.88 Å². The van der Waals surface area contributed by atoms with Crippen molar-refractivity contribution in [3.63, 3.8) is 0 Å². The van der Waals surface area contributed by atoms with Gasteiger partial charge < -0.3 is 5.73 Å². The van der Waals surface area contributed by atoms with E-state index in [2.05, 4.69) is 5.92 Å². The fraction of sp³-hybridized carbons (Fsp3) is 0.300. The Balaban J connectivity index is 2.74. The molecule has 3 heteroatoms. The number of nitrogens with two attached hydrogens (primary N) is 1. The molecule has 0 aromatic carbocycles. The molecule has 0 fully saturated rings. The summed E-state index contributed by atoms with van der Waals surface area (Å²) < 4.78 is 0. The number of aryl methyl sites for hydroxylation is 1. The molecule has 0 saturated carbocycles. The second-order valence-corrected chi connectivity index (χ2v) is 4.08. The fourth-order valence-corrected chi connectivity index (χ4v) is 1.84. The lowest BCUT2D eigenvalue weighted by atomic mass is 10.1. The van der Waals surface area contributed by atoms with Crippen LogP contribution in [-0.4, -0.2) is 11.8 Å². The van der Waals surface area contributed by atoms with Gasteiger partial charge in [0.05, 0.1) is 10.9 Å². The third-order valence-electron chi connectivity index (χ3n) is 1.66. The monoisotopic (exact) mass is 193 g/mol. The van der Waals surface area contributed by atoms with E-state index in [1.54, 1.807) is 6.07 Å². The smallest absolute Gasteiger partial charge is 0.190 e. The highest BCUT2D eigenvalue weighted by molar-refractivity contribution is 7.14. The summed E-state index contributed by atoms with van der Waals surface area (Å²) in [5.74, 6) is 2.32. The lowest BCUT2D eigenvalue weighted by Gasteiger charge is -2.03. The largest absolute Gasteiger partial charge is 0.320 e. The van der Waals surface area contributed by atoms with Crippen LogP contribution in [0.4, 0.5) is 0 Å². The molecule has 0 bridgehead atoms. The molecule has 1 rings (SSSR count). The summed E-state index contributed by atoms with van der Waals surface area (Å²) in [6.07, 6.45) is 5.37. The van der Waals surface area contributed by atoms with Crippen LogP contribution >= 0.6 is 11.3 Å². The molecule has 1 aromatic heterocycles. The molecule has 1 heterocycles. The molecular formula is C10H11NOS. The Morgan fingerprint density at radius 2 is 2.46 bits per heavy atom.